The minimum atomic E-state index is -0.315. The van der Waals surface area contributed by atoms with Gasteiger partial charge in [0.05, 0.1) is 6.61 Å². The molecule has 0 aromatic carbocycles. The van der Waals surface area contributed by atoms with Crippen LogP contribution in [0.15, 0.2) is 0 Å². The molecule has 0 fully saturated rings. The number of esters is 1. The highest BCUT2D eigenvalue weighted by atomic mass is 16.5. The normalized spacial score (nSPS) is 10.4. The lowest BCUT2D eigenvalue weighted by Crippen LogP contribution is -2.08. The molecule has 0 atom stereocenters. The number of hydrogen-bond donors (Lipinski definition) is 0. The first kappa shape index (κ1) is 11.8. The van der Waals surface area contributed by atoms with E-state index in [0.717, 1.165) is 24.2 Å². The van der Waals surface area contributed by atoms with E-state index < -0.39 is 0 Å². The standard InChI is InChI=1S/C11H18N2O2/c1-5-9-8(4)13(6-2)12-10(9)11(14)15-7-3/h5-7H2,1-4H3. The summed E-state index contributed by atoms with van der Waals surface area (Å²) in [7, 11) is 0. The van der Waals surface area contributed by atoms with Crippen molar-refractivity contribution in [1.29, 1.82) is 0 Å². The largest absolute Gasteiger partial charge is 0.461 e. The lowest BCUT2D eigenvalue weighted by molar-refractivity contribution is 0.0517. The number of aryl methyl sites for hydroxylation is 1. The van der Waals surface area contributed by atoms with Crippen LogP contribution in [0.25, 0.3) is 0 Å². The van der Waals surface area contributed by atoms with E-state index >= 15 is 0 Å². The molecule has 4 nitrogen and oxygen atoms in total. The zero-order valence-electron chi connectivity index (χ0n) is 9.83. The molecule has 0 amide bonds. The van der Waals surface area contributed by atoms with Crippen LogP contribution in [-0.2, 0) is 17.7 Å². The van der Waals surface area contributed by atoms with Gasteiger partial charge in [0.1, 0.15) is 0 Å². The Hall–Kier alpha value is -1.32. The lowest BCUT2D eigenvalue weighted by atomic mass is 10.1. The first-order valence-corrected chi connectivity index (χ1v) is 5.39. The Balaban J connectivity index is 3.11. The van der Waals surface area contributed by atoms with Gasteiger partial charge in [0.15, 0.2) is 5.69 Å². The van der Waals surface area contributed by atoms with Gasteiger partial charge in [-0.25, -0.2) is 4.79 Å². The fraction of sp³-hybridized carbons (Fsp3) is 0.636. The molecular weight excluding hydrogens is 192 g/mol. The van der Waals surface area contributed by atoms with Crippen molar-refractivity contribution in [2.24, 2.45) is 0 Å². The van der Waals surface area contributed by atoms with Gasteiger partial charge >= 0.3 is 5.97 Å². The molecule has 0 N–H and O–H groups in total. The van der Waals surface area contributed by atoms with Gasteiger partial charge in [-0.05, 0) is 27.2 Å². The van der Waals surface area contributed by atoms with Crippen molar-refractivity contribution in [2.45, 2.75) is 40.7 Å². The number of hydrogen-bond acceptors (Lipinski definition) is 3. The molecule has 1 heterocycles. The SMILES string of the molecule is CCOC(=O)c1nn(CC)c(C)c1CC. The summed E-state index contributed by atoms with van der Waals surface area (Å²) >= 11 is 0. The maximum absolute atomic E-state index is 11.6. The van der Waals surface area contributed by atoms with Gasteiger partial charge in [0.2, 0.25) is 0 Å². The van der Waals surface area contributed by atoms with E-state index in [2.05, 4.69) is 5.10 Å². The van der Waals surface area contributed by atoms with E-state index in [0.29, 0.717) is 12.3 Å². The van der Waals surface area contributed by atoms with E-state index in [1.165, 1.54) is 0 Å². The fourth-order valence-corrected chi connectivity index (χ4v) is 1.68. The van der Waals surface area contributed by atoms with Crippen LogP contribution in [0.5, 0.6) is 0 Å². The van der Waals surface area contributed by atoms with E-state index in [1.54, 1.807) is 6.92 Å². The van der Waals surface area contributed by atoms with E-state index in [1.807, 2.05) is 25.5 Å². The Bertz CT molecular complexity index is 356. The zero-order valence-corrected chi connectivity index (χ0v) is 9.83. The van der Waals surface area contributed by atoms with E-state index in [-0.39, 0.29) is 5.97 Å². The Morgan fingerprint density at radius 2 is 2.07 bits per heavy atom. The van der Waals surface area contributed by atoms with E-state index in [9.17, 15) is 4.79 Å². The first-order chi connectivity index (χ1) is 7.15. The predicted octanol–water partition coefficient (Wildman–Crippen LogP) is 1.95. The number of rotatable bonds is 4. The quantitative estimate of drug-likeness (QED) is 0.713. The van der Waals surface area contributed by atoms with Crippen LogP contribution in [-0.4, -0.2) is 22.4 Å². The van der Waals surface area contributed by atoms with Crippen molar-refractivity contribution in [3.05, 3.63) is 17.0 Å². The zero-order chi connectivity index (χ0) is 11.4. The van der Waals surface area contributed by atoms with Crippen molar-refractivity contribution < 1.29 is 9.53 Å². The number of ether oxygens (including phenoxy) is 1. The molecule has 0 aliphatic carbocycles. The molecule has 4 heteroatoms. The summed E-state index contributed by atoms with van der Waals surface area (Å²) in [5.41, 5.74) is 2.53. The van der Waals surface area contributed by atoms with Crippen LogP contribution < -0.4 is 0 Å². The van der Waals surface area contributed by atoms with Crippen LogP contribution in [0.2, 0.25) is 0 Å². The van der Waals surface area contributed by atoms with Crippen LogP contribution in [0.4, 0.5) is 0 Å². The summed E-state index contributed by atoms with van der Waals surface area (Å²) < 4.78 is 6.81. The smallest absolute Gasteiger partial charge is 0.359 e. The monoisotopic (exact) mass is 210 g/mol. The Morgan fingerprint density at radius 3 is 2.53 bits per heavy atom. The molecule has 0 radical (unpaired) electrons. The highest BCUT2D eigenvalue weighted by Crippen LogP contribution is 2.15. The highest BCUT2D eigenvalue weighted by molar-refractivity contribution is 5.89. The molecule has 0 saturated heterocycles. The van der Waals surface area contributed by atoms with Gasteiger partial charge in [-0.1, -0.05) is 6.92 Å². The van der Waals surface area contributed by atoms with Crippen LogP contribution in [0, 0.1) is 6.92 Å². The molecular formula is C11H18N2O2. The van der Waals surface area contributed by atoms with E-state index in [4.69, 9.17) is 4.74 Å². The van der Waals surface area contributed by atoms with Crippen molar-refractivity contribution in [2.75, 3.05) is 6.61 Å². The average molecular weight is 210 g/mol. The summed E-state index contributed by atoms with van der Waals surface area (Å²) in [6.07, 6.45) is 0.806. The predicted molar refractivity (Wildman–Crippen MR) is 58.0 cm³/mol. The number of carbonyl (C=O) groups is 1. The van der Waals surface area contributed by atoms with Gasteiger partial charge in [0.25, 0.3) is 0 Å². The van der Waals surface area contributed by atoms with Gasteiger partial charge < -0.3 is 4.74 Å². The van der Waals surface area contributed by atoms with Crippen LogP contribution in [0.3, 0.4) is 0 Å². The second-order valence-electron chi connectivity index (χ2n) is 3.30. The van der Waals surface area contributed by atoms with Gasteiger partial charge in [-0.3, -0.25) is 4.68 Å². The summed E-state index contributed by atoms with van der Waals surface area (Å²) in [6, 6.07) is 0. The van der Waals surface area contributed by atoms with Crippen LogP contribution >= 0.6 is 0 Å². The first-order valence-electron chi connectivity index (χ1n) is 5.39. The minimum Gasteiger partial charge on any atom is -0.461 e. The Kier molecular flexibility index (Phi) is 3.88. The molecule has 15 heavy (non-hydrogen) atoms. The average Bonchev–Trinajstić information content (AvgIpc) is 2.55. The third-order valence-corrected chi connectivity index (χ3v) is 2.45. The molecule has 1 aromatic heterocycles. The van der Waals surface area contributed by atoms with Gasteiger partial charge in [0, 0.05) is 17.8 Å². The minimum absolute atomic E-state index is 0.315. The third kappa shape index (κ3) is 2.19. The maximum atomic E-state index is 11.6. The molecule has 1 aromatic rings. The topological polar surface area (TPSA) is 44.1 Å². The highest BCUT2D eigenvalue weighted by Gasteiger charge is 2.19. The number of nitrogens with zero attached hydrogens (tertiary/aromatic N) is 2. The van der Waals surface area contributed by atoms with Crippen molar-refractivity contribution in [3.63, 3.8) is 0 Å². The maximum Gasteiger partial charge on any atom is 0.359 e. The molecule has 0 unspecified atom stereocenters. The summed E-state index contributed by atoms with van der Waals surface area (Å²) in [4.78, 5) is 11.6. The summed E-state index contributed by atoms with van der Waals surface area (Å²) in [5.74, 6) is -0.315. The Morgan fingerprint density at radius 1 is 1.40 bits per heavy atom. The second kappa shape index (κ2) is 4.96. The second-order valence-corrected chi connectivity index (χ2v) is 3.30. The van der Waals surface area contributed by atoms with Crippen molar-refractivity contribution >= 4 is 5.97 Å². The third-order valence-electron chi connectivity index (χ3n) is 2.45. The van der Waals surface area contributed by atoms with Crippen molar-refractivity contribution in [3.8, 4) is 0 Å². The molecule has 0 saturated carbocycles. The van der Waals surface area contributed by atoms with Gasteiger partial charge in [-0.2, -0.15) is 5.10 Å². The molecule has 0 bridgehead atoms. The molecule has 84 valence electrons. The Labute approximate surface area is 90.2 Å². The fourth-order valence-electron chi connectivity index (χ4n) is 1.68. The number of aromatic nitrogens is 2. The summed E-state index contributed by atoms with van der Waals surface area (Å²) in [5, 5.41) is 4.26. The molecule has 0 aliphatic rings. The van der Waals surface area contributed by atoms with Crippen molar-refractivity contribution in [1.82, 2.24) is 9.78 Å². The lowest BCUT2D eigenvalue weighted by Gasteiger charge is -2.00. The van der Waals surface area contributed by atoms with Gasteiger partial charge in [-0.15, -0.1) is 0 Å². The van der Waals surface area contributed by atoms with Crippen LogP contribution in [0.1, 0.15) is 42.5 Å². The molecule has 0 aliphatic heterocycles. The molecule has 0 spiro atoms. The number of carbonyl (C=O) groups excluding carboxylic acids is 1. The summed E-state index contributed by atoms with van der Waals surface area (Å²) in [6.45, 7) is 8.98. The molecule has 1 rings (SSSR count).